The number of hydrogen-bond donors (Lipinski definition) is 1. The van der Waals surface area contributed by atoms with Gasteiger partial charge >= 0.3 is 5.97 Å². The fourth-order valence-corrected chi connectivity index (χ4v) is 1.69. The number of hydrogen-bond acceptors (Lipinski definition) is 5. The molecule has 1 saturated heterocycles. The van der Waals surface area contributed by atoms with Crippen LogP contribution in [-0.2, 0) is 23.1 Å². The molecule has 0 aromatic carbocycles. The lowest BCUT2D eigenvalue weighted by Gasteiger charge is -2.32. The molecule has 0 aliphatic carbocycles. The third-order valence-corrected chi connectivity index (χ3v) is 2.67. The van der Waals surface area contributed by atoms with Crippen LogP contribution < -0.4 is 0 Å². The molecule has 1 fully saturated rings. The lowest BCUT2D eigenvalue weighted by atomic mass is 10.2. The molecule has 0 saturated carbocycles. The quantitative estimate of drug-likeness (QED) is 0.719. The number of aromatic nitrogens is 3. The van der Waals surface area contributed by atoms with E-state index in [1.807, 2.05) is 11.9 Å². The summed E-state index contributed by atoms with van der Waals surface area (Å²) in [6, 6.07) is -0.592. The molecule has 88 valence electrons. The zero-order valence-electron chi connectivity index (χ0n) is 9.04. The Morgan fingerprint density at radius 2 is 2.56 bits per heavy atom. The van der Waals surface area contributed by atoms with Gasteiger partial charge in [-0.15, -0.1) is 10.2 Å². The van der Waals surface area contributed by atoms with E-state index in [9.17, 15) is 4.79 Å². The van der Waals surface area contributed by atoms with Crippen molar-refractivity contribution in [3.63, 3.8) is 0 Å². The minimum absolute atomic E-state index is 0.229. The highest BCUT2D eigenvalue weighted by molar-refractivity contribution is 5.73. The Morgan fingerprint density at radius 3 is 3.19 bits per heavy atom. The molecular formula is C9H14N4O3. The number of carbonyl (C=O) groups is 1. The van der Waals surface area contributed by atoms with Crippen LogP contribution in [-0.4, -0.2) is 56.5 Å². The second-order valence-electron chi connectivity index (χ2n) is 3.76. The number of rotatable bonds is 3. The first-order valence-corrected chi connectivity index (χ1v) is 5.06. The van der Waals surface area contributed by atoms with Gasteiger partial charge in [0.05, 0.1) is 19.8 Å². The summed E-state index contributed by atoms with van der Waals surface area (Å²) in [4.78, 5) is 12.9. The number of carboxylic acids is 1. The van der Waals surface area contributed by atoms with Gasteiger partial charge in [-0.05, 0) is 0 Å². The first-order valence-electron chi connectivity index (χ1n) is 5.06. The molecule has 1 atom stereocenters. The average molecular weight is 226 g/mol. The summed E-state index contributed by atoms with van der Waals surface area (Å²) in [6.45, 7) is 1.87. The van der Waals surface area contributed by atoms with Crippen LogP contribution in [0.3, 0.4) is 0 Å². The van der Waals surface area contributed by atoms with Crippen molar-refractivity contribution in [2.24, 2.45) is 7.05 Å². The molecule has 2 heterocycles. The van der Waals surface area contributed by atoms with Gasteiger partial charge < -0.3 is 14.4 Å². The van der Waals surface area contributed by atoms with E-state index in [0.29, 0.717) is 19.7 Å². The molecule has 1 aliphatic heterocycles. The Balaban J connectivity index is 2.07. The van der Waals surface area contributed by atoms with Crippen LogP contribution >= 0.6 is 0 Å². The van der Waals surface area contributed by atoms with Crippen molar-refractivity contribution in [1.29, 1.82) is 0 Å². The topological polar surface area (TPSA) is 80.5 Å². The smallest absolute Gasteiger partial charge is 0.323 e. The zero-order chi connectivity index (χ0) is 11.5. The highest BCUT2D eigenvalue weighted by atomic mass is 16.5. The number of ether oxygens (including phenoxy) is 1. The maximum absolute atomic E-state index is 11.0. The minimum Gasteiger partial charge on any atom is -0.480 e. The normalized spacial score (nSPS) is 22.2. The van der Waals surface area contributed by atoms with E-state index in [1.54, 1.807) is 10.9 Å². The van der Waals surface area contributed by atoms with E-state index < -0.39 is 12.0 Å². The average Bonchev–Trinajstić information content (AvgIpc) is 2.65. The number of nitrogens with zero attached hydrogens (tertiary/aromatic N) is 4. The lowest BCUT2D eigenvalue weighted by Crippen LogP contribution is -2.49. The summed E-state index contributed by atoms with van der Waals surface area (Å²) < 4.78 is 6.94. The van der Waals surface area contributed by atoms with Gasteiger partial charge in [-0.3, -0.25) is 9.69 Å². The SMILES string of the molecule is Cn1cnnc1CN1CCOCC1C(=O)O. The molecule has 7 nitrogen and oxygen atoms in total. The maximum Gasteiger partial charge on any atom is 0.323 e. The van der Waals surface area contributed by atoms with Gasteiger partial charge in [-0.2, -0.15) is 0 Å². The van der Waals surface area contributed by atoms with Crippen LogP contribution in [0.25, 0.3) is 0 Å². The first-order chi connectivity index (χ1) is 7.68. The first kappa shape index (κ1) is 11.0. The molecule has 16 heavy (non-hydrogen) atoms. The van der Waals surface area contributed by atoms with E-state index in [-0.39, 0.29) is 6.61 Å². The summed E-state index contributed by atoms with van der Waals surface area (Å²) in [5, 5.41) is 16.7. The van der Waals surface area contributed by atoms with Crippen LogP contribution in [0.5, 0.6) is 0 Å². The molecule has 0 bridgehead atoms. The highest BCUT2D eigenvalue weighted by Crippen LogP contribution is 2.10. The fraction of sp³-hybridized carbons (Fsp3) is 0.667. The molecule has 1 aromatic heterocycles. The maximum atomic E-state index is 11.0. The van der Waals surface area contributed by atoms with Crippen LogP contribution in [0, 0.1) is 0 Å². The molecule has 0 amide bonds. The van der Waals surface area contributed by atoms with Gasteiger partial charge in [-0.25, -0.2) is 0 Å². The van der Waals surface area contributed by atoms with Gasteiger partial charge in [-0.1, -0.05) is 0 Å². The molecule has 1 aliphatic rings. The Morgan fingerprint density at radius 1 is 1.75 bits per heavy atom. The number of aliphatic carboxylic acids is 1. The molecule has 0 spiro atoms. The van der Waals surface area contributed by atoms with E-state index in [0.717, 1.165) is 5.82 Å². The van der Waals surface area contributed by atoms with Crippen molar-refractivity contribution >= 4 is 5.97 Å². The third-order valence-electron chi connectivity index (χ3n) is 2.67. The van der Waals surface area contributed by atoms with Crippen molar-refractivity contribution < 1.29 is 14.6 Å². The van der Waals surface area contributed by atoms with Crippen LogP contribution in [0.1, 0.15) is 5.82 Å². The van der Waals surface area contributed by atoms with Gasteiger partial charge in [0.25, 0.3) is 0 Å². The van der Waals surface area contributed by atoms with Gasteiger partial charge in [0.2, 0.25) is 0 Å². The summed E-state index contributed by atoms with van der Waals surface area (Å²) in [5.41, 5.74) is 0. The summed E-state index contributed by atoms with van der Waals surface area (Å²) >= 11 is 0. The van der Waals surface area contributed by atoms with Crippen molar-refractivity contribution in [1.82, 2.24) is 19.7 Å². The van der Waals surface area contributed by atoms with E-state index in [4.69, 9.17) is 9.84 Å². The largest absolute Gasteiger partial charge is 0.480 e. The molecule has 1 unspecified atom stereocenters. The minimum atomic E-state index is -0.859. The van der Waals surface area contributed by atoms with Crippen LogP contribution in [0.15, 0.2) is 6.33 Å². The second-order valence-corrected chi connectivity index (χ2v) is 3.76. The van der Waals surface area contributed by atoms with E-state index in [2.05, 4.69) is 10.2 Å². The molecule has 1 aromatic rings. The lowest BCUT2D eigenvalue weighted by molar-refractivity contribution is -0.150. The van der Waals surface area contributed by atoms with E-state index in [1.165, 1.54) is 0 Å². The zero-order valence-corrected chi connectivity index (χ0v) is 9.04. The number of aryl methyl sites for hydroxylation is 1. The van der Waals surface area contributed by atoms with Crippen molar-refractivity contribution in [2.45, 2.75) is 12.6 Å². The predicted octanol–water partition coefficient (Wildman–Crippen LogP) is -0.899. The molecule has 7 heteroatoms. The molecular weight excluding hydrogens is 212 g/mol. The van der Waals surface area contributed by atoms with Crippen molar-refractivity contribution in [2.75, 3.05) is 19.8 Å². The second kappa shape index (κ2) is 4.58. The fourth-order valence-electron chi connectivity index (χ4n) is 1.69. The number of morpholine rings is 1. The third kappa shape index (κ3) is 2.20. The Labute approximate surface area is 92.6 Å². The van der Waals surface area contributed by atoms with Gasteiger partial charge in [0.1, 0.15) is 18.2 Å². The Hall–Kier alpha value is -1.47. The summed E-state index contributed by atoms with van der Waals surface area (Å²) in [6.07, 6.45) is 1.60. The van der Waals surface area contributed by atoms with E-state index >= 15 is 0 Å². The molecule has 0 radical (unpaired) electrons. The summed E-state index contributed by atoms with van der Waals surface area (Å²) in [5.74, 6) is -0.102. The van der Waals surface area contributed by atoms with Crippen molar-refractivity contribution in [3.8, 4) is 0 Å². The number of carboxylic acid groups (broad SMARTS) is 1. The Bertz CT molecular complexity index is 379. The van der Waals surface area contributed by atoms with Crippen molar-refractivity contribution in [3.05, 3.63) is 12.2 Å². The van der Waals surface area contributed by atoms with Crippen LogP contribution in [0.2, 0.25) is 0 Å². The standard InChI is InChI=1S/C9H14N4O3/c1-12-6-10-11-8(12)4-13-2-3-16-5-7(13)9(14)15/h6-7H,2-5H2,1H3,(H,14,15). The Kier molecular flexibility index (Phi) is 3.16. The monoisotopic (exact) mass is 226 g/mol. The summed E-state index contributed by atoms with van der Waals surface area (Å²) in [7, 11) is 1.84. The van der Waals surface area contributed by atoms with Gasteiger partial charge in [0.15, 0.2) is 0 Å². The highest BCUT2D eigenvalue weighted by Gasteiger charge is 2.29. The van der Waals surface area contributed by atoms with Crippen LogP contribution in [0.4, 0.5) is 0 Å². The predicted molar refractivity (Wildman–Crippen MR) is 53.7 cm³/mol. The van der Waals surface area contributed by atoms with Gasteiger partial charge in [0, 0.05) is 13.6 Å². The molecule has 2 rings (SSSR count). The molecule has 1 N–H and O–H groups in total.